The third-order valence-electron chi connectivity index (χ3n) is 3.56. The highest BCUT2D eigenvalue weighted by molar-refractivity contribution is 5.38. The van der Waals surface area contributed by atoms with Gasteiger partial charge < -0.3 is 14.5 Å². The summed E-state index contributed by atoms with van der Waals surface area (Å²) in [6, 6.07) is 0.132. The lowest BCUT2D eigenvalue weighted by molar-refractivity contribution is 0.167. The molecule has 1 aromatic rings. The molecule has 1 aliphatic heterocycles. The Morgan fingerprint density at radius 2 is 2.06 bits per heavy atom. The van der Waals surface area contributed by atoms with Gasteiger partial charge in [-0.05, 0) is 51.8 Å². The summed E-state index contributed by atoms with van der Waals surface area (Å²) < 4.78 is 11.6. The third kappa shape index (κ3) is 2.46. The Labute approximate surface area is 109 Å². The van der Waals surface area contributed by atoms with Crippen LogP contribution >= 0.6 is 0 Å². The lowest BCUT2D eigenvalue weighted by Gasteiger charge is -2.25. The van der Waals surface area contributed by atoms with E-state index in [1.807, 2.05) is 13.8 Å². The van der Waals surface area contributed by atoms with Gasteiger partial charge in [-0.15, -0.1) is 0 Å². The molecule has 1 aromatic heterocycles. The van der Waals surface area contributed by atoms with Gasteiger partial charge in [0.1, 0.15) is 17.3 Å². The lowest BCUT2D eigenvalue weighted by atomic mass is 9.99. The van der Waals surface area contributed by atoms with Crippen LogP contribution in [-0.2, 0) is 4.74 Å². The number of allylic oxidation sites excluding steroid dienone is 1. The largest absolute Gasteiger partial charge is 0.496 e. The summed E-state index contributed by atoms with van der Waals surface area (Å²) in [5.41, 5.74) is 2.47. The van der Waals surface area contributed by atoms with Crippen molar-refractivity contribution in [3.8, 4) is 0 Å². The summed E-state index contributed by atoms with van der Waals surface area (Å²) in [5, 5.41) is 3.51. The van der Waals surface area contributed by atoms with Crippen LogP contribution in [0.4, 0.5) is 0 Å². The Morgan fingerprint density at radius 1 is 1.28 bits per heavy atom. The summed E-state index contributed by atoms with van der Waals surface area (Å²) in [6.45, 7) is 10.0. The molecule has 1 aliphatic rings. The number of hydrogen-bond acceptors (Lipinski definition) is 3. The molecule has 0 fully saturated rings. The molecule has 1 unspecified atom stereocenters. The Hall–Kier alpha value is -1.22. The number of hydrogen-bond donors (Lipinski definition) is 1. The molecular formula is C15H23NO2. The van der Waals surface area contributed by atoms with E-state index in [2.05, 4.69) is 25.2 Å². The van der Waals surface area contributed by atoms with Crippen molar-refractivity contribution in [3.63, 3.8) is 0 Å². The number of rotatable bonds is 4. The van der Waals surface area contributed by atoms with E-state index >= 15 is 0 Å². The van der Waals surface area contributed by atoms with Crippen LogP contribution in [0, 0.1) is 20.8 Å². The molecule has 2 rings (SSSR count). The number of furan rings is 1. The van der Waals surface area contributed by atoms with E-state index in [-0.39, 0.29) is 6.04 Å². The fraction of sp³-hybridized carbons (Fsp3) is 0.600. The highest BCUT2D eigenvalue weighted by Crippen LogP contribution is 2.33. The quantitative estimate of drug-likeness (QED) is 0.886. The van der Waals surface area contributed by atoms with Gasteiger partial charge in [0.15, 0.2) is 0 Å². The molecule has 0 spiro atoms. The van der Waals surface area contributed by atoms with E-state index in [0.29, 0.717) is 0 Å². The van der Waals surface area contributed by atoms with Gasteiger partial charge in [0, 0.05) is 5.56 Å². The lowest BCUT2D eigenvalue weighted by Crippen LogP contribution is -2.26. The minimum absolute atomic E-state index is 0.132. The molecule has 0 aromatic carbocycles. The maximum Gasteiger partial charge on any atom is 0.114 e. The second kappa shape index (κ2) is 5.61. The molecule has 1 N–H and O–H groups in total. The smallest absolute Gasteiger partial charge is 0.114 e. The van der Waals surface area contributed by atoms with Gasteiger partial charge in [-0.1, -0.05) is 6.92 Å². The van der Waals surface area contributed by atoms with Gasteiger partial charge in [-0.2, -0.15) is 0 Å². The molecule has 0 amide bonds. The first-order chi connectivity index (χ1) is 8.65. The van der Waals surface area contributed by atoms with Crippen LogP contribution in [0.3, 0.4) is 0 Å². The van der Waals surface area contributed by atoms with Crippen molar-refractivity contribution >= 4 is 0 Å². The van der Waals surface area contributed by atoms with E-state index < -0.39 is 0 Å². The average Bonchev–Trinajstić information content (AvgIpc) is 2.62. The highest BCUT2D eigenvalue weighted by Gasteiger charge is 2.25. The Balaban J connectivity index is 2.37. The number of likely N-dealkylation sites (N-methyl/N-ethyl adjacent to an activating group) is 1. The zero-order chi connectivity index (χ0) is 13.1. The minimum Gasteiger partial charge on any atom is -0.496 e. The summed E-state index contributed by atoms with van der Waals surface area (Å²) >= 11 is 0. The second-order valence-electron chi connectivity index (χ2n) is 4.84. The topological polar surface area (TPSA) is 34.4 Å². The molecule has 0 bridgehead atoms. The summed E-state index contributed by atoms with van der Waals surface area (Å²) in [6.07, 6.45) is 4.43. The fourth-order valence-corrected chi connectivity index (χ4v) is 2.56. The third-order valence-corrected chi connectivity index (χ3v) is 3.56. The van der Waals surface area contributed by atoms with Crippen molar-refractivity contribution in [3.05, 3.63) is 34.5 Å². The van der Waals surface area contributed by atoms with Crippen LogP contribution in [0.2, 0.25) is 0 Å². The van der Waals surface area contributed by atoms with Gasteiger partial charge >= 0.3 is 0 Å². The Kier molecular flexibility index (Phi) is 4.12. The molecule has 3 heteroatoms. The van der Waals surface area contributed by atoms with Crippen molar-refractivity contribution in [2.45, 2.75) is 46.6 Å². The van der Waals surface area contributed by atoms with Gasteiger partial charge in [-0.25, -0.2) is 0 Å². The van der Waals surface area contributed by atoms with Crippen LogP contribution in [0.5, 0.6) is 0 Å². The van der Waals surface area contributed by atoms with Gasteiger partial charge in [0.25, 0.3) is 0 Å². The fourth-order valence-electron chi connectivity index (χ4n) is 2.56. The number of aryl methyl sites for hydroxylation is 2. The van der Waals surface area contributed by atoms with Crippen LogP contribution in [0.15, 0.2) is 16.3 Å². The molecule has 2 heterocycles. The predicted octanol–water partition coefficient (Wildman–Crippen LogP) is 3.55. The predicted molar refractivity (Wildman–Crippen MR) is 72.6 cm³/mol. The molecule has 1 atom stereocenters. The maximum absolute atomic E-state index is 5.82. The average molecular weight is 249 g/mol. The van der Waals surface area contributed by atoms with Crippen molar-refractivity contribution in [2.75, 3.05) is 13.2 Å². The summed E-state index contributed by atoms with van der Waals surface area (Å²) in [7, 11) is 0. The van der Waals surface area contributed by atoms with Crippen molar-refractivity contribution in [2.24, 2.45) is 0 Å². The Morgan fingerprint density at radius 3 is 2.56 bits per heavy atom. The van der Waals surface area contributed by atoms with Crippen molar-refractivity contribution < 1.29 is 9.15 Å². The SMILES string of the molecule is CCNC(C1=CCCCO1)c1c(C)oc(C)c1C. The zero-order valence-electron chi connectivity index (χ0n) is 11.8. The standard InChI is InChI=1S/C15H23NO2/c1-5-16-15(13-8-6-7-9-17-13)14-10(2)11(3)18-12(14)4/h8,15-16H,5-7,9H2,1-4H3. The summed E-state index contributed by atoms with van der Waals surface area (Å²) in [5.74, 6) is 3.04. The Bertz CT molecular complexity index is 446. The van der Waals surface area contributed by atoms with Gasteiger partial charge in [0.05, 0.1) is 12.6 Å². The highest BCUT2D eigenvalue weighted by atomic mass is 16.5. The monoisotopic (exact) mass is 249 g/mol. The molecule has 0 radical (unpaired) electrons. The zero-order valence-corrected chi connectivity index (χ0v) is 11.8. The summed E-state index contributed by atoms with van der Waals surface area (Å²) in [4.78, 5) is 0. The van der Waals surface area contributed by atoms with E-state index in [1.54, 1.807) is 0 Å². The number of nitrogens with one attached hydrogen (secondary N) is 1. The maximum atomic E-state index is 5.82. The molecule has 0 aliphatic carbocycles. The molecular weight excluding hydrogens is 226 g/mol. The normalized spacial score (nSPS) is 17.2. The second-order valence-corrected chi connectivity index (χ2v) is 4.84. The van der Waals surface area contributed by atoms with Crippen LogP contribution < -0.4 is 5.32 Å². The first-order valence-electron chi connectivity index (χ1n) is 6.77. The van der Waals surface area contributed by atoms with E-state index in [1.165, 1.54) is 11.1 Å². The van der Waals surface area contributed by atoms with Gasteiger partial charge in [-0.3, -0.25) is 0 Å². The number of ether oxygens (including phenoxy) is 1. The molecule has 3 nitrogen and oxygen atoms in total. The minimum atomic E-state index is 0.132. The first kappa shape index (κ1) is 13.2. The van der Waals surface area contributed by atoms with Crippen LogP contribution in [0.25, 0.3) is 0 Å². The molecule has 100 valence electrons. The van der Waals surface area contributed by atoms with E-state index in [0.717, 1.165) is 43.3 Å². The van der Waals surface area contributed by atoms with Crippen LogP contribution in [0.1, 0.15) is 48.5 Å². The van der Waals surface area contributed by atoms with Crippen molar-refractivity contribution in [1.82, 2.24) is 5.32 Å². The van der Waals surface area contributed by atoms with E-state index in [9.17, 15) is 0 Å². The first-order valence-corrected chi connectivity index (χ1v) is 6.77. The van der Waals surface area contributed by atoms with Crippen molar-refractivity contribution in [1.29, 1.82) is 0 Å². The molecule has 18 heavy (non-hydrogen) atoms. The van der Waals surface area contributed by atoms with Crippen LogP contribution in [-0.4, -0.2) is 13.2 Å². The molecule has 0 saturated heterocycles. The van der Waals surface area contributed by atoms with Gasteiger partial charge in [0.2, 0.25) is 0 Å². The molecule has 0 saturated carbocycles. The van der Waals surface area contributed by atoms with E-state index in [4.69, 9.17) is 9.15 Å².